The highest BCUT2D eigenvalue weighted by Crippen LogP contribution is 2.45. The first-order valence-corrected chi connectivity index (χ1v) is 15.3. The van der Waals surface area contributed by atoms with Crippen molar-refractivity contribution < 1.29 is 66.5 Å². The van der Waals surface area contributed by atoms with E-state index in [9.17, 15) is 19.2 Å². The van der Waals surface area contributed by atoms with Gasteiger partial charge in [0.05, 0.1) is 82.2 Å². The fourth-order valence-corrected chi connectivity index (χ4v) is 5.50. The van der Waals surface area contributed by atoms with Crippen molar-refractivity contribution in [3.63, 3.8) is 0 Å². The summed E-state index contributed by atoms with van der Waals surface area (Å²) in [5.74, 6) is -2.17. The second kappa shape index (κ2) is 16.5. The fourth-order valence-electron chi connectivity index (χ4n) is 5.50. The Labute approximate surface area is 299 Å². The Morgan fingerprint density at radius 2 is 0.577 bits per heavy atom. The Hall–Kier alpha value is -6.44. The quantitative estimate of drug-likeness (QED) is 0.0984. The number of carbonyl (C=O) groups is 4. The summed E-state index contributed by atoms with van der Waals surface area (Å²) in [5.41, 5.74) is 0.0714. The highest BCUT2D eigenvalue weighted by molar-refractivity contribution is 6.50. The molecule has 0 saturated carbocycles. The highest BCUT2D eigenvalue weighted by Gasteiger charge is 2.30. The second-order valence-electron chi connectivity index (χ2n) is 10.7. The molecule has 0 spiro atoms. The lowest BCUT2D eigenvalue weighted by Crippen LogP contribution is -2.17. The predicted octanol–water partition coefficient (Wildman–Crippen LogP) is 5.57. The van der Waals surface area contributed by atoms with Gasteiger partial charge in [0.25, 0.3) is 0 Å². The Bertz CT molecular complexity index is 1840. The molecular formula is C38H38O14. The molecule has 274 valence electrons. The van der Waals surface area contributed by atoms with Gasteiger partial charge >= 0.3 is 0 Å². The van der Waals surface area contributed by atoms with Crippen LogP contribution in [-0.2, 0) is 0 Å². The molecule has 4 aromatic rings. The summed E-state index contributed by atoms with van der Waals surface area (Å²) in [4.78, 5) is 55.3. The van der Waals surface area contributed by atoms with Crippen LogP contribution in [-0.4, -0.2) is 94.2 Å². The summed E-state index contributed by atoms with van der Waals surface area (Å²) in [6, 6.07) is 11.0. The van der Waals surface area contributed by atoms with Crippen molar-refractivity contribution in [3.05, 3.63) is 70.8 Å². The zero-order chi connectivity index (χ0) is 38.3. The number of carbonyl (C=O) groups excluding carboxylic acids is 4. The van der Waals surface area contributed by atoms with E-state index in [-0.39, 0.29) is 90.9 Å². The van der Waals surface area contributed by atoms with Gasteiger partial charge in [-0.2, -0.15) is 0 Å². The van der Waals surface area contributed by atoms with Crippen molar-refractivity contribution in [3.8, 4) is 68.6 Å². The van der Waals surface area contributed by atoms with Crippen molar-refractivity contribution >= 4 is 23.1 Å². The van der Waals surface area contributed by atoms with Crippen LogP contribution in [0.25, 0.3) is 11.1 Å². The number of ether oxygens (including phenoxy) is 10. The molecule has 0 atom stereocenters. The Morgan fingerprint density at radius 3 is 0.808 bits per heavy atom. The molecule has 0 aliphatic rings. The minimum Gasteiger partial charge on any atom is -0.496 e. The molecule has 14 heteroatoms. The molecule has 0 saturated heterocycles. The summed E-state index contributed by atoms with van der Waals surface area (Å²) >= 11 is 0. The van der Waals surface area contributed by atoms with Crippen LogP contribution in [0.2, 0.25) is 0 Å². The van der Waals surface area contributed by atoms with Gasteiger partial charge in [0.1, 0.15) is 23.0 Å². The van der Waals surface area contributed by atoms with Gasteiger partial charge in [0, 0.05) is 34.4 Å². The van der Waals surface area contributed by atoms with Gasteiger partial charge in [-0.25, -0.2) is 0 Å². The smallest absolute Gasteiger partial charge is 0.237 e. The molecule has 4 aromatic carbocycles. The maximum atomic E-state index is 13.9. The lowest BCUT2D eigenvalue weighted by atomic mass is 9.92. The number of hydrogen-bond donors (Lipinski definition) is 0. The Morgan fingerprint density at radius 1 is 0.308 bits per heavy atom. The lowest BCUT2D eigenvalue weighted by molar-refractivity contribution is 0.0814. The lowest BCUT2D eigenvalue weighted by Gasteiger charge is -2.19. The zero-order valence-corrected chi connectivity index (χ0v) is 30.3. The third-order valence-corrected chi connectivity index (χ3v) is 8.09. The molecule has 0 aliphatic heterocycles. The standard InChI is InChI=1S/C38H38O14/c1-43-25-17-27(45-3)23(35(41)33(39)19-11-29(47-5)37(51-9)30(12-19)48-6)15-21(25)22-16-24(28(46-4)18-26(22)44-2)36(42)34(40)20-13-31(49-7)38(52-10)32(14-20)50-8/h11-18H,1-10H3. The average Bonchev–Trinajstić information content (AvgIpc) is 3.19. The van der Waals surface area contributed by atoms with Crippen molar-refractivity contribution in [2.24, 2.45) is 0 Å². The van der Waals surface area contributed by atoms with Crippen LogP contribution < -0.4 is 47.4 Å². The van der Waals surface area contributed by atoms with Crippen molar-refractivity contribution in [2.75, 3.05) is 71.1 Å². The maximum Gasteiger partial charge on any atom is 0.237 e. The molecule has 0 heterocycles. The summed E-state index contributed by atoms with van der Waals surface area (Å²) in [6.45, 7) is 0. The van der Waals surface area contributed by atoms with Crippen molar-refractivity contribution in [2.45, 2.75) is 0 Å². The molecule has 0 radical (unpaired) electrons. The topological polar surface area (TPSA) is 161 Å². The molecule has 0 amide bonds. The van der Waals surface area contributed by atoms with Crippen LogP contribution in [0.15, 0.2) is 48.5 Å². The Balaban J connectivity index is 1.90. The number of rotatable bonds is 17. The van der Waals surface area contributed by atoms with E-state index in [2.05, 4.69) is 0 Å². The third kappa shape index (κ3) is 7.08. The van der Waals surface area contributed by atoms with Gasteiger partial charge in [-0.3, -0.25) is 19.2 Å². The molecule has 0 N–H and O–H groups in total. The number of hydrogen-bond acceptors (Lipinski definition) is 14. The van der Waals surface area contributed by atoms with Gasteiger partial charge in [-0.15, -0.1) is 0 Å². The van der Waals surface area contributed by atoms with E-state index < -0.39 is 23.1 Å². The first-order valence-electron chi connectivity index (χ1n) is 15.3. The van der Waals surface area contributed by atoms with Gasteiger partial charge in [0.2, 0.25) is 34.6 Å². The summed E-state index contributed by atoms with van der Waals surface area (Å²) < 4.78 is 54.4. The average molecular weight is 719 g/mol. The van der Waals surface area contributed by atoms with Gasteiger partial charge in [0.15, 0.2) is 23.0 Å². The van der Waals surface area contributed by atoms with E-state index in [1.807, 2.05) is 0 Å². The van der Waals surface area contributed by atoms with Gasteiger partial charge in [-0.05, 0) is 36.4 Å². The molecular weight excluding hydrogens is 680 g/mol. The normalized spacial score (nSPS) is 10.4. The monoisotopic (exact) mass is 718 g/mol. The summed E-state index contributed by atoms with van der Waals surface area (Å²) in [5, 5.41) is 0. The second-order valence-corrected chi connectivity index (χ2v) is 10.7. The van der Waals surface area contributed by atoms with E-state index in [1.54, 1.807) is 0 Å². The molecule has 0 aliphatic carbocycles. The molecule has 0 aromatic heterocycles. The van der Waals surface area contributed by atoms with E-state index in [0.29, 0.717) is 0 Å². The van der Waals surface area contributed by atoms with Crippen molar-refractivity contribution in [1.82, 2.24) is 0 Å². The number of methoxy groups -OCH3 is 10. The van der Waals surface area contributed by atoms with Gasteiger partial charge < -0.3 is 47.4 Å². The molecule has 4 rings (SSSR count). The molecule has 0 fully saturated rings. The van der Waals surface area contributed by atoms with Crippen LogP contribution in [0.1, 0.15) is 41.4 Å². The molecule has 52 heavy (non-hydrogen) atoms. The minimum absolute atomic E-state index is 0.0211. The van der Waals surface area contributed by atoms with Gasteiger partial charge in [-0.1, -0.05) is 0 Å². The van der Waals surface area contributed by atoms with E-state index in [1.165, 1.54) is 120 Å². The molecule has 0 bridgehead atoms. The minimum atomic E-state index is -0.948. The highest BCUT2D eigenvalue weighted by atomic mass is 16.5. The third-order valence-electron chi connectivity index (χ3n) is 8.09. The maximum absolute atomic E-state index is 13.9. The van der Waals surface area contributed by atoms with E-state index >= 15 is 0 Å². The first kappa shape index (κ1) is 38.4. The first-order chi connectivity index (χ1) is 25.0. The largest absolute Gasteiger partial charge is 0.496 e. The Kier molecular flexibility index (Phi) is 12.2. The van der Waals surface area contributed by atoms with E-state index in [0.717, 1.165) is 0 Å². The molecule has 0 unspecified atom stereocenters. The summed E-state index contributed by atoms with van der Waals surface area (Å²) in [6.07, 6.45) is 0. The van der Waals surface area contributed by atoms with E-state index in [4.69, 9.17) is 47.4 Å². The number of benzene rings is 4. The molecule has 14 nitrogen and oxygen atoms in total. The number of Topliss-reactive ketones (excluding diaryl/α,β-unsaturated/α-hetero) is 4. The predicted molar refractivity (Wildman–Crippen MR) is 188 cm³/mol. The van der Waals surface area contributed by atoms with Crippen molar-refractivity contribution in [1.29, 1.82) is 0 Å². The zero-order valence-electron chi connectivity index (χ0n) is 30.3. The van der Waals surface area contributed by atoms with Crippen LogP contribution in [0, 0.1) is 0 Å². The SMILES string of the molecule is COc1cc(OC)c(-c2cc(C(=O)C(=O)c3cc(OC)c(OC)c(OC)c3)c(OC)cc2OC)cc1C(=O)C(=O)c1cc(OC)c(OC)c(OC)c1. The summed E-state index contributed by atoms with van der Waals surface area (Å²) in [7, 11) is 13.8. The van der Waals surface area contributed by atoms with Crippen LogP contribution in [0.4, 0.5) is 0 Å². The van der Waals surface area contributed by atoms with Crippen LogP contribution >= 0.6 is 0 Å². The number of ketones is 4. The van der Waals surface area contributed by atoms with Crippen LogP contribution in [0.5, 0.6) is 57.5 Å². The van der Waals surface area contributed by atoms with Crippen LogP contribution in [0.3, 0.4) is 0 Å². The fraction of sp³-hybridized carbons (Fsp3) is 0.263.